The zero-order chi connectivity index (χ0) is 21.8. The van der Waals surface area contributed by atoms with Gasteiger partial charge in [0.15, 0.2) is 0 Å². The minimum atomic E-state index is 0.137. The fraction of sp³-hybridized carbons (Fsp3) is 0.185. The Bertz CT molecular complexity index is 1180. The minimum Gasteiger partial charge on any atom is -0.367 e. The first-order valence-electron chi connectivity index (χ1n) is 11.0. The molecule has 1 saturated heterocycles. The summed E-state index contributed by atoms with van der Waals surface area (Å²) in [5.41, 5.74) is 5.63. The molecule has 0 spiro atoms. The van der Waals surface area contributed by atoms with E-state index in [0.717, 1.165) is 37.4 Å². The Morgan fingerprint density at radius 2 is 1.38 bits per heavy atom. The van der Waals surface area contributed by atoms with Crippen molar-refractivity contribution in [3.63, 3.8) is 0 Å². The molecule has 5 rings (SSSR count). The number of carbonyl (C=O) groups excluding carboxylic acids is 1. The molecule has 4 aromatic rings. The summed E-state index contributed by atoms with van der Waals surface area (Å²) in [6.45, 7) is 3.42. The van der Waals surface area contributed by atoms with E-state index in [1.54, 1.807) is 6.33 Å². The minimum absolute atomic E-state index is 0.137. The predicted molar refractivity (Wildman–Crippen MR) is 128 cm³/mol. The van der Waals surface area contributed by atoms with Crippen LogP contribution in [0.1, 0.15) is 0 Å². The standard InChI is InChI=1S/C27H26N4O/c32-27(20-29-19-25(28-21-29)23-11-5-2-6-12-23)31-17-15-30(16-18-31)26-14-8-7-13-24(26)22-9-3-1-4-10-22/h1-14,19,21H,15-18,20H2. The molecule has 0 atom stereocenters. The van der Waals surface area contributed by atoms with Crippen molar-refractivity contribution in [2.24, 2.45) is 0 Å². The normalized spacial score (nSPS) is 13.9. The summed E-state index contributed by atoms with van der Waals surface area (Å²) in [4.78, 5) is 21.7. The molecule has 1 aliphatic rings. The fourth-order valence-corrected chi connectivity index (χ4v) is 4.27. The lowest BCUT2D eigenvalue weighted by Crippen LogP contribution is -2.49. The zero-order valence-corrected chi connectivity index (χ0v) is 18.0. The highest BCUT2D eigenvalue weighted by Gasteiger charge is 2.23. The van der Waals surface area contributed by atoms with E-state index < -0.39 is 0 Å². The molecule has 2 heterocycles. The van der Waals surface area contributed by atoms with Gasteiger partial charge in [-0.05, 0) is 11.6 Å². The molecule has 0 aliphatic carbocycles. The van der Waals surface area contributed by atoms with Crippen molar-refractivity contribution in [3.05, 3.63) is 97.5 Å². The molecule has 0 bridgehead atoms. The second kappa shape index (κ2) is 9.10. The van der Waals surface area contributed by atoms with Crippen LogP contribution in [0.2, 0.25) is 0 Å². The van der Waals surface area contributed by atoms with Crippen LogP contribution >= 0.6 is 0 Å². The van der Waals surface area contributed by atoms with Gasteiger partial charge in [0.2, 0.25) is 5.91 Å². The van der Waals surface area contributed by atoms with Gasteiger partial charge in [-0.1, -0.05) is 78.9 Å². The van der Waals surface area contributed by atoms with E-state index in [1.165, 1.54) is 16.8 Å². The Balaban J connectivity index is 1.22. The first-order chi connectivity index (χ1) is 15.8. The van der Waals surface area contributed by atoms with Crippen LogP contribution in [0.25, 0.3) is 22.4 Å². The Labute approximate surface area is 188 Å². The van der Waals surface area contributed by atoms with Crippen LogP contribution in [-0.4, -0.2) is 46.5 Å². The average Bonchev–Trinajstić information content (AvgIpc) is 3.34. The molecule has 0 unspecified atom stereocenters. The van der Waals surface area contributed by atoms with Crippen LogP contribution in [0.15, 0.2) is 97.5 Å². The summed E-state index contributed by atoms with van der Waals surface area (Å²) in [6, 6.07) is 29.0. The maximum absolute atomic E-state index is 12.9. The number of hydrogen-bond donors (Lipinski definition) is 0. The van der Waals surface area contributed by atoms with E-state index in [0.29, 0.717) is 6.54 Å². The number of para-hydroxylation sites is 1. The van der Waals surface area contributed by atoms with Gasteiger partial charge in [0.05, 0.1) is 12.0 Å². The highest BCUT2D eigenvalue weighted by molar-refractivity contribution is 5.80. The number of anilines is 1. The van der Waals surface area contributed by atoms with Crippen molar-refractivity contribution in [2.75, 3.05) is 31.1 Å². The van der Waals surface area contributed by atoms with E-state index in [4.69, 9.17) is 0 Å². The quantitative estimate of drug-likeness (QED) is 0.473. The molecule has 0 radical (unpaired) electrons. The average molecular weight is 423 g/mol. The van der Waals surface area contributed by atoms with Crippen molar-refractivity contribution in [1.29, 1.82) is 0 Å². The molecule has 5 heteroatoms. The first kappa shape index (κ1) is 20.1. The summed E-state index contributed by atoms with van der Waals surface area (Å²) in [7, 11) is 0. The summed E-state index contributed by atoms with van der Waals surface area (Å²) in [5, 5.41) is 0. The molecular weight excluding hydrogens is 396 g/mol. The van der Waals surface area contributed by atoms with Gasteiger partial charge < -0.3 is 14.4 Å². The second-order valence-corrected chi connectivity index (χ2v) is 8.05. The first-order valence-corrected chi connectivity index (χ1v) is 11.0. The third kappa shape index (κ3) is 4.28. The third-order valence-corrected chi connectivity index (χ3v) is 5.98. The summed E-state index contributed by atoms with van der Waals surface area (Å²) in [6.07, 6.45) is 3.69. The van der Waals surface area contributed by atoms with Crippen LogP contribution in [0.5, 0.6) is 0 Å². The van der Waals surface area contributed by atoms with E-state index in [9.17, 15) is 4.79 Å². The molecule has 1 amide bonds. The summed E-state index contributed by atoms with van der Waals surface area (Å²) in [5.74, 6) is 0.137. The molecule has 32 heavy (non-hydrogen) atoms. The Kier molecular flexibility index (Phi) is 5.71. The maximum atomic E-state index is 12.9. The number of carbonyl (C=O) groups is 1. The molecule has 1 fully saturated rings. The van der Waals surface area contributed by atoms with Crippen molar-refractivity contribution in [2.45, 2.75) is 6.54 Å². The second-order valence-electron chi connectivity index (χ2n) is 8.05. The number of benzene rings is 3. The SMILES string of the molecule is O=C(Cn1cnc(-c2ccccc2)c1)N1CCN(c2ccccc2-c2ccccc2)CC1. The highest BCUT2D eigenvalue weighted by Crippen LogP contribution is 2.31. The van der Waals surface area contributed by atoms with Crippen molar-refractivity contribution < 1.29 is 4.79 Å². The zero-order valence-electron chi connectivity index (χ0n) is 18.0. The van der Waals surface area contributed by atoms with Gasteiger partial charge in [0, 0.05) is 49.2 Å². The number of nitrogens with zero attached hydrogens (tertiary/aromatic N) is 4. The summed E-state index contributed by atoms with van der Waals surface area (Å²) < 4.78 is 1.88. The van der Waals surface area contributed by atoms with Gasteiger partial charge in [-0.2, -0.15) is 0 Å². The van der Waals surface area contributed by atoms with Crippen LogP contribution in [-0.2, 0) is 11.3 Å². The monoisotopic (exact) mass is 422 g/mol. The topological polar surface area (TPSA) is 41.4 Å². The van der Waals surface area contributed by atoms with E-state index >= 15 is 0 Å². The van der Waals surface area contributed by atoms with Crippen molar-refractivity contribution >= 4 is 11.6 Å². The van der Waals surface area contributed by atoms with Crippen LogP contribution in [0.3, 0.4) is 0 Å². The van der Waals surface area contributed by atoms with Gasteiger partial charge >= 0.3 is 0 Å². The van der Waals surface area contributed by atoms with Gasteiger partial charge in [-0.15, -0.1) is 0 Å². The molecule has 0 saturated carbocycles. The number of rotatable bonds is 5. The molecular formula is C27H26N4O. The number of hydrogen-bond acceptors (Lipinski definition) is 3. The molecule has 3 aromatic carbocycles. The lowest BCUT2D eigenvalue weighted by atomic mass is 10.0. The molecule has 1 aliphatic heterocycles. The van der Waals surface area contributed by atoms with Gasteiger partial charge in [0.1, 0.15) is 6.54 Å². The predicted octanol–water partition coefficient (Wildman–Crippen LogP) is 4.57. The molecule has 1 aromatic heterocycles. The Morgan fingerprint density at radius 3 is 2.09 bits per heavy atom. The van der Waals surface area contributed by atoms with Crippen LogP contribution < -0.4 is 4.90 Å². The van der Waals surface area contributed by atoms with Crippen LogP contribution in [0.4, 0.5) is 5.69 Å². The number of piperazine rings is 1. The van der Waals surface area contributed by atoms with Crippen molar-refractivity contribution in [1.82, 2.24) is 14.5 Å². The summed E-state index contributed by atoms with van der Waals surface area (Å²) >= 11 is 0. The largest absolute Gasteiger partial charge is 0.367 e. The van der Waals surface area contributed by atoms with E-state index in [-0.39, 0.29) is 5.91 Å². The van der Waals surface area contributed by atoms with E-state index in [2.05, 4.69) is 58.4 Å². The number of imidazole rings is 1. The lowest BCUT2D eigenvalue weighted by Gasteiger charge is -2.37. The molecule has 0 N–H and O–H groups in total. The van der Waals surface area contributed by atoms with Crippen molar-refractivity contribution in [3.8, 4) is 22.4 Å². The number of aromatic nitrogens is 2. The van der Waals surface area contributed by atoms with Gasteiger partial charge in [0.25, 0.3) is 0 Å². The third-order valence-electron chi connectivity index (χ3n) is 5.98. The Hall–Kier alpha value is -3.86. The lowest BCUT2D eigenvalue weighted by molar-refractivity contribution is -0.132. The molecule has 160 valence electrons. The number of amides is 1. The van der Waals surface area contributed by atoms with Gasteiger partial charge in [-0.3, -0.25) is 4.79 Å². The maximum Gasteiger partial charge on any atom is 0.242 e. The smallest absolute Gasteiger partial charge is 0.242 e. The molecule has 5 nitrogen and oxygen atoms in total. The Morgan fingerprint density at radius 1 is 0.750 bits per heavy atom. The van der Waals surface area contributed by atoms with Crippen LogP contribution in [0, 0.1) is 0 Å². The van der Waals surface area contributed by atoms with E-state index in [1.807, 2.05) is 52.1 Å². The fourth-order valence-electron chi connectivity index (χ4n) is 4.27. The van der Waals surface area contributed by atoms with Gasteiger partial charge in [-0.25, -0.2) is 4.98 Å². The highest BCUT2D eigenvalue weighted by atomic mass is 16.2.